The first-order valence-corrected chi connectivity index (χ1v) is 17.5. The number of benzene rings is 2. The van der Waals surface area contributed by atoms with E-state index in [0.29, 0.717) is 23.3 Å². The van der Waals surface area contributed by atoms with Crippen LogP contribution in [0.15, 0.2) is 73.3 Å². The highest BCUT2D eigenvalue weighted by molar-refractivity contribution is 7.51. The SMILES string of the molecule is CC(C)OC(=O)C(C)NP1(=O)OCOC2[C@@H](CO1)O[C@@H](n1cnc3c(NC(=O)c4ccccc4)ncnc31)[C@@]2(C)OCOCc1ccccc1. The van der Waals surface area contributed by atoms with Gasteiger partial charge in [0.15, 0.2) is 30.0 Å². The summed E-state index contributed by atoms with van der Waals surface area (Å²) in [5, 5.41) is 5.41. The van der Waals surface area contributed by atoms with E-state index in [9.17, 15) is 14.2 Å². The molecule has 17 heteroatoms. The normalized spacial score (nSPS) is 25.8. The molecule has 0 aliphatic carbocycles. The largest absolute Gasteiger partial charge is 0.462 e. The Morgan fingerprint density at radius 1 is 1.04 bits per heavy atom. The second-order valence-corrected chi connectivity index (χ2v) is 13.9. The minimum Gasteiger partial charge on any atom is -0.462 e. The van der Waals surface area contributed by atoms with Crippen molar-refractivity contribution in [1.29, 1.82) is 0 Å². The van der Waals surface area contributed by atoms with E-state index in [2.05, 4.69) is 25.4 Å². The monoisotopic (exact) mass is 710 g/mol. The third-order valence-corrected chi connectivity index (χ3v) is 9.71. The lowest BCUT2D eigenvalue weighted by Crippen LogP contribution is -2.50. The molecule has 6 rings (SSSR count). The van der Waals surface area contributed by atoms with Crippen molar-refractivity contribution >= 4 is 36.6 Å². The fourth-order valence-electron chi connectivity index (χ4n) is 5.64. The molecular formula is C33H39N6O10P. The van der Waals surface area contributed by atoms with Crippen molar-refractivity contribution in [3.05, 3.63) is 84.4 Å². The van der Waals surface area contributed by atoms with Crippen LogP contribution in [-0.2, 0) is 48.7 Å². The second-order valence-electron chi connectivity index (χ2n) is 12.1. The van der Waals surface area contributed by atoms with Gasteiger partial charge in [0, 0.05) is 5.56 Å². The van der Waals surface area contributed by atoms with Crippen LogP contribution in [-0.4, -0.2) is 81.5 Å². The molecule has 16 nitrogen and oxygen atoms in total. The Kier molecular flexibility index (Phi) is 11.0. The van der Waals surface area contributed by atoms with E-state index in [4.69, 9.17) is 32.7 Å². The van der Waals surface area contributed by atoms with Crippen molar-refractivity contribution in [3.63, 3.8) is 0 Å². The van der Waals surface area contributed by atoms with E-state index in [1.807, 2.05) is 36.4 Å². The lowest BCUT2D eigenvalue weighted by atomic mass is 9.95. The molecule has 4 heterocycles. The average Bonchev–Trinajstić information content (AvgIpc) is 3.64. The van der Waals surface area contributed by atoms with Gasteiger partial charge in [0.2, 0.25) is 0 Å². The summed E-state index contributed by atoms with van der Waals surface area (Å²) in [5.41, 5.74) is 0.777. The Balaban J connectivity index is 1.25. The number of imidazole rings is 1. The molecule has 266 valence electrons. The quantitative estimate of drug-likeness (QED) is 0.0915. The molecule has 2 saturated heterocycles. The van der Waals surface area contributed by atoms with Crippen molar-refractivity contribution in [1.82, 2.24) is 24.6 Å². The zero-order chi connectivity index (χ0) is 35.3. The van der Waals surface area contributed by atoms with E-state index < -0.39 is 50.6 Å². The van der Waals surface area contributed by atoms with E-state index in [1.165, 1.54) is 19.6 Å². The van der Waals surface area contributed by atoms with Gasteiger partial charge in [-0.2, -0.15) is 0 Å². The van der Waals surface area contributed by atoms with Crippen LogP contribution < -0.4 is 10.4 Å². The third kappa shape index (κ3) is 7.93. The molecule has 50 heavy (non-hydrogen) atoms. The predicted octanol–water partition coefficient (Wildman–Crippen LogP) is 4.35. The number of esters is 1. The topological polar surface area (TPSA) is 183 Å². The summed E-state index contributed by atoms with van der Waals surface area (Å²) in [5.74, 6) is -0.786. The summed E-state index contributed by atoms with van der Waals surface area (Å²) in [7, 11) is -4.06. The first kappa shape index (κ1) is 35.7. The van der Waals surface area contributed by atoms with Crippen LogP contribution >= 0.6 is 7.75 Å². The standard InChI is InChI=1S/C33H39N6O10P/c1-21(2)48-31(41)22(3)38-50(42)46-16-25-27(44-20-47-50)33(4,45-19-43-15-23-11-7-5-8-12-23)32(49-25)39-18-36-26-28(34-17-35-29(26)39)37-30(40)24-13-9-6-10-14-24/h5-14,17-18,21-22,25,27,32H,15-16,19-20H2,1-4H3,(H,38,42)(H,34,35,37,40)/t22?,25-,27?,32-,33+,50?/m1/s1. The number of carbonyl (C=O) groups excluding carboxylic acids is 2. The second kappa shape index (κ2) is 15.4. The average molecular weight is 711 g/mol. The van der Waals surface area contributed by atoms with Gasteiger partial charge in [0.1, 0.15) is 37.0 Å². The number of carbonyl (C=O) groups is 2. The molecule has 4 aromatic rings. The Morgan fingerprint density at radius 2 is 1.78 bits per heavy atom. The van der Waals surface area contributed by atoms with Gasteiger partial charge in [-0.25, -0.2) is 24.6 Å². The number of anilines is 1. The molecule has 0 spiro atoms. The first-order chi connectivity index (χ1) is 24.1. The van der Waals surface area contributed by atoms with Crippen LogP contribution in [0.5, 0.6) is 0 Å². The van der Waals surface area contributed by atoms with E-state index in [-0.39, 0.29) is 31.2 Å². The van der Waals surface area contributed by atoms with Gasteiger partial charge >= 0.3 is 13.7 Å². The molecule has 2 fully saturated rings. The highest BCUT2D eigenvalue weighted by Gasteiger charge is 2.58. The maximum atomic E-state index is 13.6. The van der Waals surface area contributed by atoms with Gasteiger partial charge in [-0.1, -0.05) is 48.5 Å². The molecule has 2 aliphatic rings. The third-order valence-electron chi connectivity index (χ3n) is 8.08. The summed E-state index contributed by atoms with van der Waals surface area (Å²) in [4.78, 5) is 38.6. The minimum absolute atomic E-state index is 0.144. The van der Waals surface area contributed by atoms with Gasteiger partial charge in [0.25, 0.3) is 5.91 Å². The molecule has 6 atom stereocenters. The fourth-order valence-corrected chi connectivity index (χ4v) is 6.99. The zero-order valence-electron chi connectivity index (χ0n) is 28.0. The molecule has 2 aliphatic heterocycles. The lowest BCUT2D eigenvalue weighted by molar-refractivity contribution is -0.213. The Labute approximate surface area is 288 Å². The maximum Gasteiger partial charge on any atom is 0.408 e. The predicted molar refractivity (Wildman–Crippen MR) is 177 cm³/mol. The zero-order valence-corrected chi connectivity index (χ0v) is 28.9. The van der Waals surface area contributed by atoms with Gasteiger partial charge in [-0.3, -0.25) is 23.2 Å². The number of hydrogen-bond donors (Lipinski definition) is 2. The number of nitrogens with one attached hydrogen (secondary N) is 2. The van der Waals surface area contributed by atoms with Crippen LogP contribution in [0.4, 0.5) is 5.82 Å². The molecule has 3 unspecified atom stereocenters. The summed E-state index contributed by atoms with van der Waals surface area (Å²) in [6.07, 6.45) is -0.172. The van der Waals surface area contributed by atoms with Crippen LogP contribution in [0.25, 0.3) is 11.2 Å². The molecule has 0 bridgehead atoms. The summed E-state index contributed by atoms with van der Waals surface area (Å²) < 4.78 is 56.7. The first-order valence-electron chi connectivity index (χ1n) is 16.0. The van der Waals surface area contributed by atoms with E-state index in [0.717, 1.165) is 5.56 Å². The van der Waals surface area contributed by atoms with Gasteiger partial charge in [-0.05, 0) is 45.4 Å². The molecular weight excluding hydrogens is 671 g/mol. The van der Waals surface area contributed by atoms with Gasteiger partial charge < -0.3 is 29.0 Å². The highest BCUT2D eigenvalue weighted by Crippen LogP contribution is 2.50. The molecule has 2 N–H and O–H groups in total. The molecule has 2 aromatic carbocycles. The Hall–Kier alpha value is -4.12. The van der Waals surface area contributed by atoms with E-state index in [1.54, 1.807) is 49.6 Å². The van der Waals surface area contributed by atoms with Crippen LogP contribution in [0.2, 0.25) is 0 Å². The number of nitrogens with zero attached hydrogens (tertiary/aromatic N) is 4. The summed E-state index contributed by atoms with van der Waals surface area (Å²) in [6, 6.07) is 17.3. The number of amides is 1. The Bertz CT molecular complexity index is 1830. The molecule has 0 saturated carbocycles. The van der Waals surface area contributed by atoms with Crippen LogP contribution in [0.3, 0.4) is 0 Å². The van der Waals surface area contributed by atoms with Crippen molar-refractivity contribution in [3.8, 4) is 0 Å². The maximum absolute atomic E-state index is 13.6. The van der Waals surface area contributed by atoms with Crippen LogP contribution in [0.1, 0.15) is 49.8 Å². The fraction of sp³-hybridized carbons (Fsp3) is 0.424. The lowest BCUT2D eigenvalue weighted by Gasteiger charge is -2.36. The Morgan fingerprint density at radius 3 is 2.52 bits per heavy atom. The van der Waals surface area contributed by atoms with Gasteiger partial charge in [-0.15, -0.1) is 0 Å². The minimum atomic E-state index is -4.06. The smallest absolute Gasteiger partial charge is 0.408 e. The summed E-state index contributed by atoms with van der Waals surface area (Å²) in [6.45, 7) is 6.09. The van der Waals surface area contributed by atoms with Crippen molar-refractivity contribution in [2.45, 2.75) is 70.5 Å². The van der Waals surface area contributed by atoms with Crippen LogP contribution in [0, 0.1) is 0 Å². The van der Waals surface area contributed by atoms with Crippen molar-refractivity contribution in [2.75, 3.05) is 25.5 Å². The molecule has 1 amide bonds. The number of rotatable bonds is 12. The number of hydrogen-bond acceptors (Lipinski definition) is 13. The highest BCUT2D eigenvalue weighted by atomic mass is 31.2. The number of ether oxygens (including phenoxy) is 5. The summed E-state index contributed by atoms with van der Waals surface area (Å²) >= 11 is 0. The van der Waals surface area contributed by atoms with Crippen molar-refractivity contribution < 1.29 is 46.9 Å². The molecule has 2 aromatic heterocycles. The molecule has 0 radical (unpaired) electrons. The van der Waals surface area contributed by atoms with Crippen molar-refractivity contribution in [2.24, 2.45) is 0 Å². The van der Waals surface area contributed by atoms with E-state index >= 15 is 0 Å². The number of aromatic nitrogens is 4. The van der Waals surface area contributed by atoms with Gasteiger partial charge in [0.05, 0.1) is 25.6 Å². The number of fused-ring (bicyclic) bond motifs is 2.